The van der Waals surface area contributed by atoms with Gasteiger partial charge in [-0.25, -0.2) is 4.39 Å². The summed E-state index contributed by atoms with van der Waals surface area (Å²) in [5, 5.41) is 0. The van der Waals surface area contributed by atoms with E-state index in [1.54, 1.807) is 12.1 Å². The summed E-state index contributed by atoms with van der Waals surface area (Å²) in [7, 11) is 0. The Morgan fingerprint density at radius 1 is 1.05 bits per heavy atom. The molecular formula is C14H12Br2FNO. The molecule has 0 bridgehead atoms. The molecule has 100 valence electrons. The van der Waals surface area contributed by atoms with Gasteiger partial charge in [0.1, 0.15) is 17.3 Å². The second-order valence-corrected chi connectivity index (χ2v) is 5.86. The number of rotatable bonds is 3. The zero-order chi connectivity index (χ0) is 14.0. The highest BCUT2D eigenvalue weighted by molar-refractivity contribution is 9.10. The third kappa shape index (κ3) is 3.55. The Labute approximate surface area is 128 Å². The number of hydrogen-bond donors (Lipinski definition) is 1. The van der Waals surface area contributed by atoms with E-state index in [-0.39, 0.29) is 11.9 Å². The van der Waals surface area contributed by atoms with E-state index >= 15 is 0 Å². The van der Waals surface area contributed by atoms with Gasteiger partial charge in [0.05, 0.1) is 4.47 Å². The quantitative estimate of drug-likeness (QED) is 0.787. The van der Waals surface area contributed by atoms with E-state index in [1.165, 1.54) is 6.07 Å². The molecule has 2 aromatic rings. The summed E-state index contributed by atoms with van der Waals surface area (Å²) in [5.74, 6) is 0.711. The average molecular weight is 389 g/mol. The summed E-state index contributed by atoms with van der Waals surface area (Å²) in [5.41, 5.74) is 6.82. The van der Waals surface area contributed by atoms with Gasteiger partial charge in [0.2, 0.25) is 0 Å². The maximum atomic E-state index is 13.4. The van der Waals surface area contributed by atoms with Gasteiger partial charge in [-0.05, 0) is 52.7 Å². The molecule has 19 heavy (non-hydrogen) atoms. The van der Waals surface area contributed by atoms with Gasteiger partial charge < -0.3 is 10.5 Å². The molecule has 2 rings (SSSR count). The van der Waals surface area contributed by atoms with Gasteiger partial charge in [-0.1, -0.05) is 22.0 Å². The first-order chi connectivity index (χ1) is 8.97. The van der Waals surface area contributed by atoms with Crippen LogP contribution in [-0.4, -0.2) is 0 Å². The second kappa shape index (κ2) is 6.03. The average Bonchev–Trinajstić information content (AvgIpc) is 2.33. The Morgan fingerprint density at radius 3 is 2.26 bits per heavy atom. The molecular weight excluding hydrogens is 377 g/mol. The highest BCUT2D eigenvalue weighted by atomic mass is 79.9. The predicted molar refractivity (Wildman–Crippen MR) is 80.9 cm³/mol. The lowest BCUT2D eigenvalue weighted by molar-refractivity contribution is 0.475. The normalized spacial score (nSPS) is 12.3. The molecule has 1 atom stereocenters. The van der Waals surface area contributed by atoms with Crippen molar-refractivity contribution < 1.29 is 9.13 Å². The van der Waals surface area contributed by atoms with Crippen molar-refractivity contribution in [1.29, 1.82) is 0 Å². The fraction of sp³-hybridized carbons (Fsp3) is 0.143. The summed E-state index contributed by atoms with van der Waals surface area (Å²) in [6, 6.07) is 10.1. The third-order valence-corrected chi connectivity index (χ3v) is 3.92. The van der Waals surface area contributed by atoms with Gasteiger partial charge in [0, 0.05) is 16.6 Å². The first-order valence-electron chi connectivity index (χ1n) is 5.65. The Bertz CT molecular complexity index is 602. The Kier molecular flexibility index (Phi) is 4.60. The molecule has 2 N–H and O–H groups in total. The number of nitrogens with two attached hydrogens (primary N) is 1. The van der Waals surface area contributed by atoms with E-state index in [9.17, 15) is 4.39 Å². The monoisotopic (exact) mass is 387 g/mol. The van der Waals surface area contributed by atoms with Crippen LogP contribution in [0.15, 0.2) is 45.3 Å². The first kappa shape index (κ1) is 14.5. The summed E-state index contributed by atoms with van der Waals surface area (Å²) in [6.07, 6.45) is 0. The van der Waals surface area contributed by atoms with Gasteiger partial charge in [0.15, 0.2) is 0 Å². The maximum Gasteiger partial charge on any atom is 0.141 e. The van der Waals surface area contributed by atoms with Crippen LogP contribution >= 0.6 is 31.9 Å². The molecule has 0 aromatic heterocycles. The predicted octanol–water partition coefficient (Wildman–Crippen LogP) is 5.16. The summed E-state index contributed by atoms with van der Waals surface area (Å²) in [6.45, 7) is 1.91. The molecule has 0 amide bonds. The molecule has 0 radical (unpaired) electrons. The van der Waals surface area contributed by atoms with Crippen LogP contribution in [0.1, 0.15) is 18.5 Å². The van der Waals surface area contributed by atoms with Crippen LogP contribution in [0, 0.1) is 5.82 Å². The molecule has 0 aliphatic carbocycles. The minimum atomic E-state index is -0.358. The van der Waals surface area contributed by atoms with Crippen LogP contribution in [0.2, 0.25) is 0 Å². The molecule has 0 aliphatic heterocycles. The Hall–Kier alpha value is -0.910. The molecule has 0 spiro atoms. The van der Waals surface area contributed by atoms with Crippen molar-refractivity contribution in [2.45, 2.75) is 13.0 Å². The minimum Gasteiger partial charge on any atom is -0.457 e. The standard InChI is InChI=1S/C14H12Br2FNO/c1-8(18)11-4-2-9(6-13(11)16)19-10-3-5-12(15)14(17)7-10/h2-8H,18H2,1H3/t8-/m1/s1. The van der Waals surface area contributed by atoms with E-state index in [1.807, 2.05) is 25.1 Å². The fourth-order valence-electron chi connectivity index (χ4n) is 1.62. The lowest BCUT2D eigenvalue weighted by Crippen LogP contribution is -2.05. The third-order valence-electron chi connectivity index (χ3n) is 2.59. The summed E-state index contributed by atoms with van der Waals surface area (Å²) in [4.78, 5) is 0. The molecule has 0 aliphatic rings. The largest absolute Gasteiger partial charge is 0.457 e. The van der Waals surface area contributed by atoms with Crippen molar-refractivity contribution in [3.05, 3.63) is 56.7 Å². The molecule has 0 fully saturated rings. The van der Waals surface area contributed by atoms with Gasteiger partial charge in [-0.3, -0.25) is 0 Å². The van der Waals surface area contributed by atoms with E-state index < -0.39 is 0 Å². The number of halogens is 3. The fourth-order valence-corrected chi connectivity index (χ4v) is 2.58. The van der Waals surface area contributed by atoms with Crippen molar-refractivity contribution in [2.75, 3.05) is 0 Å². The van der Waals surface area contributed by atoms with Crippen molar-refractivity contribution >= 4 is 31.9 Å². The minimum absolute atomic E-state index is 0.0615. The van der Waals surface area contributed by atoms with Crippen LogP contribution < -0.4 is 10.5 Å². The van der Waals surface area contributed by atoms with Crippen molar-refractivity contribution in [3.8, 4) is 11.5 Å². The molecule has 2 nitrogen and oxygen atoms in total. The second-order valence-electron chi connectivity index (χ2n) is 4.15. The smallest absolute Gasteiger partial charge is 0.141 e. The van der Waals surface area contributed by atoms with Gasteiger partial charge in [-0.2, -0.15) is 0 Å². The van der Waals surface area contributed by atoms with Crippen LogP contribution in [0.25, 0.3) is 0 Å². The Morgan fingerprint density at radius 2 is 1.68 bits per heavy atom. The van der Waals surface area contributed by atoms with E-state index in [2.05, 4.69) is 31.9 Å². The molecule has 0 heterocycles. The SMILES string of the molecule is C[C@@H](N)c1ccc(Oc2ccc(Br)c(F)c2)cc1Br. The van der Waals surface area contributed by atoms with Crippen LogP contribution in [-0.2, 0) is 0 Å². The Balaban J connectivity index is 2.24. The van der Waals surface area contributed by atoms with Crippen molar-refractivity contribution in [2.24, 2.45) is 5.73 Å². The molecule has 0 saturated carbocycles. The lowest BCUT2D eigenvalue weighted by atomic mass is 10.1. The zero-order valence-electron chi connectivity index (χ0n) is 10.2. The zero-order valence-corrected chi connectivity index (χ0v) is 13.3. The summed E-state index contributed by atoms with van der Waals surface area (Å²) >= 11 is 6.55. The maximum absolute atomic E-state index is 13.4. The van der Waals surface area contributed by atoms with E-state index in [4.69, 9.17) is 10.5 Å². The van der Waals surface area contributed by atoms with Crippen LogP contribution in [0.3, 0.4) is 0 Å². The molecule has 0 unspecified atom stereocenters. The highest BCUT2D eigenvalue weighted by Crippen LogP contribution is 2.30. The first-order valence-corrected chi connectivity index (χ1v) is 7.24. The number of hydrogen-bond acceptors (Lipinski definition) is 2. The summed E-state index contributed by atoms with van der Waals surface area (Å²) < 4.78 is 20.3. The van der Waals surface area contributed by atoms with Gasteiger partial charge in [-0.15, -0.1) is 0 Å². The van der Waals surface area contributed by atoms with Gasteiger partial charge in [0.25, 0.3) is 0 Å². The van der Waals surface area contributed by atoms with Crippen molar-refractivity contribution in [1.82, 2.24) is 0 Å². The van der Waals surface area contributed by atoms with E-state index in [0.29, 0.717) is 16.0 Å². The highest BCUT2D eigenvalue weighted by Gasteiger charge is 2.08. The number of benzene rings is 2. The molecule has 5 heteroatoms. The number of ether oxygens (including phenoxy) is 1. The topological polar surface area (TPSA) is 35.2 Å². The molecule has 0 saturated heterocycles. The van der Waals surface area contributed by atoms with E-state index in [0.717, 1.165) is 10.0 Å². The lowest BCUT2D eigenvalue weighted by Gasteiger charge is -2.11. The molecule has 2 aromatic carbocycles. The van der Waals surface area contributed by atoms with Crippen molar-refractivity contribution in [3.63, 3.8) is 0 Å². The van der Waals surface area contributed by atoms with Crippen LogP contribution in [0.4, 0.5) is 4.39 Å². The van der Waals surface area contributed by atoms with Gasteiger partial charge >= 0.3 is 0 Å². The van der Waals surface area contributed by atoms with Crippen LogP contribution in [0.5, 0.6) is 11.5 Å².